The van der Waals surface area contributed by atoms with Crippen molar-refractivity contribution >= 4 is 56.8 Å². The SMILES string of the molecule is COc1c(Cl)cc(Br)cc1/C=C1\NC(=S)N(C)C1=O. The molecule has 1 heterocycles. The first-order valence-electron chi connectivity index (χ1n) is 5.28. The fourth-order valence-electron chi connectivity index (χ4n) is 1.68. The first-order valence-corrected chi connectivity index (χ1v) is 6.85. The Hall–Kier alpha value is -1.11. The molecule has 0 saturated carbocycles. The van der Waals surface area contributed by atoms with Crippen molar-refractivity contribution in [2.24, 2.45) is 0 Å². The molecule has 0 unspecified atom stereocenters. The summed E-state index contributed by atoms with van der Waals surface area (Å²) in [6, 6.07) is 3.54. The van der Waals surface area contributed by atoms with Gasteiger partial charge in [-0.15, -0.1) is 0 Å². The van der Waals surface area contributed by atoms with Crippen molar-refractivity contribution in [3.63, 3.8) is 0 Å². The number of halogens is 2. The molecule has 7 heteroatoms. The molecule has 0 aromatic heterocycles. The average molecular weight is 362 g/mol. The first kappa shape index (κ1) is 14.3. The molecule has 1 aliphatic rings. The Morgan fingerprint density at radius 2 is 2.21 bits per heavy atom. The van der Waals surface area contributed by atoms with E-state index in [0.717, 1.165) is 4.47 Å². The van der Waals surface area contributed by atoms with Gasteiger partial charge in [-0.05, 0) is 30.4 Å². The van der Waals surface area contributed by atoms with Crippen LogP contribution in [0.1, 0.15) is 5.56 Å². The van der Waals surface area contributed by atoms with Gasteiger partial charge in [0.05, 0.1) is 12.1 Å². The molecule has 0 bridgehead atoms. The zero-order chi connectivity index (χ0) is 14.2. The standard InChI is InChI=1S/C12H10BrClN2O2S/c1-16-11(17)9(15-12(16)19)4-6-3-7(13)5-8(14)10(6)18-2/h3-5H,1-2H3,(H,15,19)/b9-4-. The van der Waals surface area contributed by atoms with E-state index in [9.17, 15) is 4.79 Å². The lowest BCUT2D eigenvalue weighted by molar-refractivity contribution is -0.121. The monoisotopic (exact) mass is 360 g/mol. The normalized spacial score (nSPS) is 17.1. The number of hydrogen-bond donors (Lipinski definition) is 1. The van der Waals surface area contributed by atoms with Gasteiger partial charge in [-0.3, -0.25) is 9.69 Å². The second-order valence-electron chi connectivity index (χ2n) is 3.86. The van der Waals surface area contributed by atoms with Crippen LogP contribution in [0.25, 0.3) is 6.08 Å². The molecule has 1 fully saturated rings. The molecular formula is C12H10BrClN2O2S. The van der Waals surface area contributed by atoms with E-state index in [1.54, 1.807) is 19.2 Å². The number of hydrogen-bond acceptors (Lipinski definition) is 3. The van der Waals surface area contributed by atoms with E-state index in [0.29, 0.717) is 27.1 Å². The first-order chi connectivity index (χ1) is 8.93. The van der Waals surface area contributed by atoms with Gasteiger partial charge >= 0.3 is 0 Å². The van der Waals surface area contributed by atoms with Gasteiger partial charge in [-0.25, -0.2) is 0 Å². The predicted molar refractivity (Wildman–Crippen MR) is 82.2 cm³/mol. The summed E-state index contributed by atoms with van der Waals surface area (Å²) in [7, 11) is 3.14. The summed E-state index contributed by atoms with van der Waals surface area (Å²) in [6.45, 7) is 0. The van der Waals surface area contributed by atoms with Crippen LogP contribution in [-0.2, 0) is 4.79 Å². The Balaban J connectivity index is 2.49. The third-order valence-electron chi connectivity index (χ3n) is 2.62. The van der Waals surface area contributed by atoms with E-state index in [4.69, 9.17) is 28.6 Å². The van der Waals surface area contributed by atoms with Crippen LogP contribution in [0.5, 0.6) is 5.75 Å². The minimum Gasteiger partial charge on any atom is -0.495 e. The number of nitrogens with one attached hydrogen (secondary N) is 1. The summed E-state index contributed by atoms with van der Waals surface area (Å²) in [5, 5.41) is 3.68. The number of thiocarbonyl (C=S) groups is 1. The largest absolute Gasteiger partial charge is 0.495 e. The van der Waals surface area contributed by atoms with Crippen molar-refractivity contribution in [1.29, 1.82) is 0 Å². The summed E-state index contributed by atoms with van der Waals surface area (Å²) >= 11 is 14.5. The molecule has 19 heavy (non-hydrogen) atoms. The summed E-state index contributed by atoms with van der Waals surface area (Å²) in [5.74, 6) is 0.315. The lowest BCUT2D eigenvalue weighted by Gasteiger charge is -2.08. The minimum atomic E-state index is -0.192. The quantitative estimate of drug-likeness (QED) is 0.650. The highest BCUT2D eigenvalue weighted by molar-refractivity contribution is 9.10. The third kappa shape index (κ3) is 2.75. The Labute approximate surface area is 129 Å². The van der Waals surface area contributed by atoms with Gasteiger partial charge in [0, 0.05) is 17.1 Å². The Bertz CT molecular complexity index is 604. The van der Waals surface area contributed by atoms with Crippen LogP contribution in [0.15, 0.2) is 22.3 Å². The van der Waals surface area contributed by atoms with Crippen LogP contribution in [0, 0.1) is 0 Å². The predicted octanol–water partition coefficient (Wildman–Crippen LogP) is 2.80. The second-order valence-corrected chi connectivity index (χ2v) is 5.57. The van der Waals surface area contributed by atoms with Crippen molar-refractivity contribution in [3.05, 3.63) is 32.9 Å². The van der Waals surface area contributed by atoms with E-state index in [1.807, 2.05) is 6.07 Å². The molecule has 1 aromatic rings. The van der Waals surface area contributed by atoms with Crippen LogP contribution in [0.2, 0.25) is 5.02 Å². The van der Waals surface area contributed by atoms with E-state index < -0.39 is 0 Å². The smallest absolute Gasteiger partial charge is 0.276 e. The topological polar surface area (TPSA) is 41.6 Å². The van der Waals surface area contributed by atoms with Crippen molar-refractivity contribution in [3.8, 4) is 5.75 Å². The number of carbonyl (C=O) groups is 1. The van der Waals surface area contributed by atoms with E-state index >= 15 is 0 Å². The molecule has 1 aliphatic heterocycles. The van der Waals surface area contributed by atoms with Crippen LogP contribution in [-0.4, -0.2) is 30.1 Å². The molecule has 1 amide bonds. The maximum absolute atomic E-state index is 11.9. The Kier molecular flexibility index (Phi) is 4.13. The molecule has 0 spiro atoms. The van der Waals surface area contributed by atoms with Gasteiger partial charge in [-0.2, -0.15) is 0 Å². The third-order valence-corrected chi connectivity index (χ3v) is 3.74. The molecule has 1 saturated heterocycles. The highest BCUT2D eigenvalue weighted by Crippen LogP contribution is 2.33. The maximum Gasteiger partial charge on any atom is 0.276 e. The van der Waals surface area contributed by atoms with Gasteiger partial charge < -0.3 is 10.1 Å². The van der Waals surface area contributed by atoms with E-state index in [1.165, 1.54) is 12.0 Å². The summed E-state index contributed by atoms with van der Waals surface area (Å²) in [5.41, 5.74) is 1.08. The zero-order valence-corrected chi connectivity index (χ0v) is 13.3. The van der Waals surface area contributed by atoms with Gasteiger partial charge in [0.15, 0.2) is 5.11 Å². The van der Waals surface area contributed by atoms with E-state index in [2.05, 4.69) is 21.2 Å². The van der Waals surface area contributed by atoms with Crippen LogP contribution in [0.3, 0.4) is 0 Å². The fourth-order valence-corrected chi connectivity index (χ4v) is 2.79. The summed E-state index contributed by atoms with van der Waals surface area (Å²) < 4.78 is 6.05. The number of nitrogens with zero attached hydrogens (tertiary/aromatic N) is 1. The molecule has 1 aromatic carbocycles. The van der Waals surface area contributed by atoms with Crippen molar-refractivity contribution in [2.45, 2.75) is 0 Å². The van der Waals surface area contributed by atoms with Crippen LogP contribution >= 0.6 is 39.7 Å². The van der Waals surface area contributed by atoms with Gasteiger partial charge in [0.1, 0.15) is 11.4 Å². The minimum absolute atomic E-state index is 0.192. The number of rotatable bonds is 2. The molecule has 2 rings (SSSR count). The number of ether oxygens (including phenoxy) is 1. The molecule has 4 nitrogen and oxygen atoms in total. The Morgan fingerprint density at radius 1 is 1.53 bits per heavy atom. The number of carbonyl (C=O) groups excluding carboxylic acids is 1. The van der Waals surface area contributed by atoms with Gasteiger partial charge in [0.2, 0.25) is 0 Å². The molecular weight excluding hydrogens is 352 g/mol. The number of benzene rings is 1. The average Bonchev–Trinajstić information content (AvgIpc) is 2.57. The molecule has 100 valence electrons. The summed E-state index contributed by atoms with van der Waals surface area (Å²) in [6.07, 6.45) is 1.66. The van der Waals surface area contributed by atoms with Crippen molar-refractivity contribution in [2.75, 3.05) is 14.2 Å². The molecule has 0 radical (unpaired) electrons. The van der Waals surface area contributed by atoms with Crippen molar-refractivity contribution in [1.82, 2.24) is 10.2 Å². The van der Waals surface area contributed by atoms with Crippen LogP contribution < -0.4 is 10.1 Å². The lowest BCUT2D eigenvalue weighted by Crippen LogP contribution is -2.25. The molecule has 0 atom stereocenters. The maximum atomic E-state index is 11.9. The van der Waals surface area contributed by atoms with E-state index in [-0.39, 0.29) is 5.91 Å². The Morgan fingerprint density at radius 3 is 2.74 bits per heavy atom. The van der Waals surface area contributed by atoms with Crippen molar-refractivity contribution < 1.29 is 9.53 Å². The van der Waals surface area contributed by atoms with Gasteiger partial charge in [-0.1, -0.05) is 27.5 Å². The van der Waals surface area contributed by atoms with Crippen LogP contribution in [0.4, 0.5) is 0 Å². The van der Waals surface area contributed by atoms with Gasteiger partial charge in [0.25, 0.3) is 5.91 Å². The fraction of sp³-hybridized carbons (Fsp3) is 0.167. The number of methoxy groups -OCH3 is 1. The second kappa shape index (κ2) is 5.48. The highest BCUT2D eigenvalue weighted by Gasteiger charge is 2.27. The number of likely N-dealkylation sites (N-methyl/N-ethyl adjacent to an activating group) is 1. The number of amides is 1. The summed E-state index contributed by atoms with van der Waals surface area (Å²) in [4.78, 5) is 13.3. The molecule has 0 aliphatic carbocycles. The lowest BCUT2D eigenvalue weighted by atomic mass is 10.1. The highest BCUT2D eigenvalue weighted by atomic mass is 79.9. The molecule has 1 N–H and O–H groups in total. The zero-order valence-electron chi connectivity index (χ0n) is 10.2.